The number of fused-ring (bicyclic) bond motifs is 1. The lowest BCUT2D eigenvalue weighted by atomic mass is 9.77. The van der Waals surface area contributed by atoms with Gasteiger partial charge in [0.05, 0.1) is 6.42 Å². The zero-order valence-corrected chi connectivity index (χ0v) is 12.3. The van der Waals surface area contributed by atoms with Gasteiger partial charge in [0.2, 0.25) is 0 Å². The van der Waals surface area contributed by atoms with E-state index < -0.39 is 5.97 Å². The smallest absolute Gasteiger partial charge is 0.303 e. The second-order valence-electron chi connectivity index (χ2n) is 6.26. The number of rotatable bonds is 5. The molecule has 1 aliphatic carbocycles. The normalized spacial score (nSPS) is 19.4. The molecule has 0 aromatic heterocycles. The molecule has 1 aromatic carbocycles. The van der Waals surface area contributed by atoms with Crippen LogP contribution in [0.1, 0.15) is 44.1 Å². The summed E-state index contributed by atoms with van der Waals surface area (Å²) in [6, 6.07) is 6.07. The van der Waals surface area contributed by atoms with Crippen molar-refractivity contribution in [3.8, 4) is 11.5 Å². The van der Waals surface area contributed by atoms with Gasteiger partial charge in [0.1, 0.15) is 13.2 Å². The molecule has 1 aliphatic heterocycles. The number of aryl methyl sites for hydroxylation is 1. The molecular formula is C17H22O4. The SMILES string of the molecule is O=C(O)CC1(CCc2ccc3c(c2)OCCO3)CCCC1. The monoisotopic (exact) mass is 290 g/mol. The van der Waals surface area contributed by atoms with Crippen LogP contribution in [0.25, 0.3) is 0 Å². The number of hydrogen-bond donors (Lipinski definition) is 1. The predicted octanol–water partition coefficient (Wildman–Crippen LogP) is 3.43. The topological polar surface area (TPSA) is 55.8 Å². The number of carboxylic acids is 1. The summed E-state index contributed by atoms with van der Waals surface area (Å²) in [4.78, 5) is 11.1. The molecule has 0 saturated heterocycles. The molecule has 1 aromatic rings. The Kier molecular flexibility index (Phi) is 4.04. The van der Waals surface area contributed by atoms with Crippen LogP contribution < -0.4 is 9.47 Å². The van der Waals surface area contributed by atoms with Crippen LogP contribution in [0.15, 0.2) is 18.2 Å². The Labute approximate surface area is 125 Å². The van der Waals surface area contributed by atoms with E-state index in [2.05, 4.69) is 6.07 Å². The van der Waals surface area contributed by atoms with Gasteiger partial charge in [-0.2, -0.15) is 0 Å². The Morgan fingerprint density at radius 2 is 1.86 bits per heavy atom. The first kappa shape index (κ1) is 14.2. The molecule has 1 fully saturated rings. The van der Waals surface area contributed by atoms with Crippen LogP contribution in [0.4, 0.5) is 0 Å². The van der Waals surface area contributed by atoms with Crippen molar-refractivity contribution in [1.29, 1.82) is 0 Å². The van der Waals surface area contributed by atoms with E-state index in [0.717, 1.165) is 50.0 Å². The highest BCUT2D eigenvalue weighted by Crippen LogP contribution is 2.45. The van der Waals surface area contributed by atoms with Crippen molar-refractivity contribution >= 4 is 5.97 Å². The van der Waals surface area contributed by atoms with Gasteiger partial charge in [-0.05, 0) is 48.8 Å². The van der Waals surface area contributed by atoms with Crippen LogP contribution in [0.5, 0.6) is 11.5 Å². The zero-order valence-electron chi connectivity index (χ0n) is 12.3. The second kappa shape index (κ2) is 5.96. The first-order chi connectivity index (χ1) is 10.2. The molecule has 21 heavy (non-hydrogen) atoms. The molecule has 0 atom stereocenters. The summed E-state index contributed by atoms with van der Waals surface area (Å²) in [6.07, 6.45) is 6.57. The summed E-state index contributed by atoms with van der Waals surface area (Å²) in [5.41, 5.74) is 1.20. The van der Waals surface area contributed by atoms with Crippen molar-refractivity contribution < 1.29 is 19.4 Å². The van der Waals surface area contributed by atoms with Gasteiger partial charge in [0.25, 0.3) is 0 Å². The van der Waals surface area contributed by atoms with Crippen LogP contribution in [0.2, 0.25) is 0 Å². The van der Waals surface area contributed by atoms with Crippen LogP contribution in [0.3, 0.4) is 0 Å². The van der Waals surface area contributed by atoms with E-state index in [4.69, 9.17) is 14.6 Å². The fraction of sp³-hybridized carbons (Fsp3) is 0.588. The lowest BCUT2D eigenvalue weighted by molar-refractivity contribution is -0.139. The minimum atomic E-state index is -0.668. The molecule has 4 nitrogen and oxygen atoms in total. The Morgan fingerprint density at radius 3 is 2.57 bits per heavy atom. The third-order valence-corrected chi connectivity index (χ3v) is 4.74. The molecule has 1 saturated carbocycles. The van der Waals surface area contributed by atoms with Gasteiger partial charge in [-0.3, -0.25) is 4.79 Å². The Balaban J connectivity index is 1.67. The van der Waals surface area contributed by atoms with E-state index in [-0.39, 0.29) is 5.41 Å². The number of carbonyl (C=O) groups is 1. The summed E-state index contributed by atoms with van der Waals surface area (Å²) in [5.74, 6) is 0.961. The van der Waals surface area contributed by atoms with Crippen molar-refractivity contribution in [2.45, 2.75) is 44.9 Å². The molecule has 0 spiro atoms. The van der Waals surface area contributed by atoms with Crippen LogP contribution in [-0.2, 0) is 11.2 Å². The average Bonchev–Trinajstić information content (AvgIpc) is 2.93. The summed E-state index contributed by atoms with van der Waals surface area (Å²) in [5, 5.41) is 9.16. The third-order valence-electron chi connectivity index (χ3n) is 4.74. The molecular weight excluding hydrogens is 268 g/mol. The molecule has 3 rings (SSSR count). The molecule has 0 amide bonds. The Morgan fingerprint density at radius 1 is 1.14 bits per heavy atom. The standard InChI is InChI=1S/C17H22O4/c18-16(19)12-17(6-1-2-7-17)8-5-13-3-4-14-15(11-13)21-10-9-20-14/h3-4,11H,1-2,5-10,12H2,(H,18,19). The highest BCUT2D eigenvalue weighted by Gasteiger charge is 2.35. The molecule has 0 bridgehead atoms. The Bertz CT molecular complexity index is 518. The number of benzene rings is 1. The van der Waals surface area contributed by atoms with Crippen molar-refractivity contribution in [2.75, 3.05) is 13.2 Å². The van der Waals surface area contributed by atoms with E-state index in [1.807, 2.05) is 12.1 Å². The molecule has 1 N–H and O–H groups in total. The lowest BCUT2D eigenvalue weighted by Crippen LogP contribution is -2.22. The van der Waals surface area contributed by atoms with Gasteiger partial charge >= 0.3 is 5.97 Å². The maximum absolute atomic E-state index is 11.1. The summed E-state index contributed by atoms with van der Waals surface area (Å²) in [6.45, 7) is 1.20. The fourth-order valence-electron chi connectivity index (χ4n) is 3.61. The van der Waals surface area contributed by atoms with E-state index in [1.165, 1.54) is 5.56 Å². The minimum Gasteiger partial charge on any atom is -0.486 e. The highest BCUT2D eigenvalue weighted by molar-refractivity contribution is 5.67. The van der Waals surface area contributed by atoms with E-state index in [9.17, 15) is 4.79 Å². The largest absolute Gasteiger partial charge is 0.486 e. The quantitative estimate of drug-likeness (QED) is 0.902. The molecule has 2 aliphatic rings. The van der Waals surface area contributed by atoms with Gasteiger partial charge in [-0.1, -0.05) is 18.9 Å². The third kappa shape index (κ3) is 3.31. The Hall–Kier alpha value is -1.71. The molecule has 0 unspecified atom stereocenters. The van der Waals surface area contributed by atoms with Gasteiger partial charge in [0, 0.05) is 0 Å². The first-order valence-corrected chi connectivity index (χ1v) is 7.77. The molecule has 4 heteroatoms. The molecule has 1 heterocycles. The van der Waals surface area contributed by atoms with Crippen LogP contribution >= 0.6 is 0 Å². The van der Waals surface area contributed by atoms with E-state index >= 15 is 0 Å². The van der Waals surface area contributed by atoms with Crippen molar-refractivity contribution in [3.05, 3.63) is 23.8 Å². The van der Waals surface area contributed by atoms with Crippen LogP contribution in [-0.4, -0.2) is 24.3 Å². The first-order valence-electron chi connectivity index (χ1n) is 7.77. The summed E-state index contributed by atoms with van der Waals surface area (Å²) in [7, 11) is 0. The predicted molar refractivity (Wildman–Crippen MR) is 78.9 cm³/mol. The highest BCUT2D eigenvalue weighted by atomic mass is 16.6. The maximum atomic E-state index is 11.1. The average molecular weight is 290 g/mol. The summed E-state index contributed by atoms with van der Waals surface area (Å²) >= 11 is 0. The van der Waals surface area contributed by atoms with E-state index in [1.54, 1.807) is 0 Å². The minimum absolute atomic E-state index is 0.000899. The number of ether oxygens (including phenoxy) is 2. The second-order valence-corrected chi connectivity index (χ2v) is 6.26. The lowest BCUT2D eigenvalue weighted by Gasteiger charge is -2.27. The van der Waals surface area contributed by atoms with Gasteiger partial charge in [-0.25, -0.2) is 0 Å². The number of carboxylic acid groups (broad SMARTS) is 1. The van der Waals surface area contributed by atoms with Gasteiger partial charge in [0.15, 0.2) is 11.5 Å². The maximum Gasteiger partial charge on any atom is 0.303 e. The van der Waals surface area contributed by atoms with Gasteiger partial charge in [-0.15, -0.1) is 0 Å². The van der Waals surface area contributed by atoms with E-state index in [0.29, 0.717) is 19.6 Å². The molecule has 114 valence electrons. The zero-order chi connectivity index (χ0) is 14.7. The number of aliphatic carboxylic acids is 1. The van der Waals surface area contributed by atoms with Crippen LogP contribution in [0, 0.1) is 5.41 Å². The molecule has 0 radical (unpaired) electrons. The number of hydrogen-bond acceptors (Lipinski definition) is 3. The van der Waals surface area contributed by atoms with Crippen molar-refractivity contribution in [1.82, 2.24) is 0 Å². The summed E-state index contributed by atoms with van der Waals surface area (Å²) < 4.78 is 11.1. The van der Waals surface area contributed by atoms with Gasteiger partial charge < -0.3 is 14.6 Å². The van der Waals surface area contributed by atoms with Crippen molar-refractivity contribution in [3.63, 3.8) is 0 Å². The van der Waals surface area contributed by atoms with Crippen molar-refractivity contribution in [2.24, 2.45) is 5.41 Å². The fourth-order valence-corrected chi connectivity index (χ4v) is 3.61.